The molecule has 9 nitrogen and oxygen atoms in total. The predicted molar refractivity (Wildman–Crippen MR) is 183 cm³/mol. The van der Waals surface area contributed by atoms with Crippen molar-refractivity contribution in [3.8, 4) is 23.0 Å². The molecule has 0 radical (unpaired) electrons. The molecule has 3 aromatic carbocycles. The van der Waals surface area contributed by atoms with Gasteiger partial charge in [-0.3, -0.25) is 9.59 Å². The molecule has 1 aliphatic heterocycles. The number of methoxy groups -OCH3 is 2. The minimum atomic E-state index is -0.421. The molecular formula is C37H42ClN3O6. The summed E-state index contributed by atoms with van der Waals surface area (Å²) in [7, 11) is 5.36. The zero-order valence-corrected chi connectivity index (χ0v) is 28.1. The molecule has 2 atom stereocenters. The topological polar surface area (TPSA) is 91.3 Å². The van der Waals surface area contributed by atoms with Crippen LogP contribution in [0.25, 0.3) is 10.9 Å². The summed E-state index contributed by atoms with van der Waals surface area (Å²) in [6, 6.07) is 17.5. The molecule has 1 aromatic heterocycles. The third-order valence-electron chi connectivity index (χ3n) is 9.28. The maximum absolute atomic E-state index is 14.2. The van der Waals surface area contributed by atoms with Gasteiger partial charge in [0.15, 0.2) is 11.5 Å². The zero-order valence-electron chi connectivity index (χ0n) is 27.4. The first-order chi connectivity index (χ1) is 22.8. The van der Waals surface area contributed by atoms with E-state index in [2.05, 4.69) is 24.2 Å². The standard InChI is InChI=1S/C37H42ClN3O6/c1-5-26-18-25(16-17-40(26)2)39-37(43)30-20-41(27-10-11-27)31-19-32(46-21-23-6-12-28(44-3)13-7-23)36(34(38)33(31)35(30)42)47-22-24-8-14-29(45-4)15-9-24/h6-9,12-15,19-20,25-27H,5,10-11,16-18,21-22H2,1-4H3,(H,39,43)/t25-,26-/m0/s1. The molecule has 47 heavy (non-hydrogen) atoms. The van der Waals surface area contributed by atoms with Crippen molar-refractivity contribution in [2.45, 2.75) is 70.4 Å². The molecule has 248 valence electrons. The Morgan fingerprint density at radius 2 is 1.55 bits per heavy atom. The fourth-order valence-electron chi connectivity index (χ4n) is 6.28. The van der Waals surface area contributed by atoms with Crippen LogP contribution in [0.4, 0.5) is 0 Å². The van der Waals surface area contributed by atoms with Crippen molar-refractivity contribution >= 4 is 28.4 Å². The number of halogens is 1. The molecule has 1 saturated carbocycles. The van der Waals surface area contributed by atoms with Gasteiger partial charge in [-0.25, -0.2) is 0 Å². The average Bonchev–Trinajstić information content (AvgIpc) is 3.94. The molecule has 1 saturated heterocycles. The number of amides is 1. The highest BCUT2D eigenvalue weighted by molar-refractivity contribution is 6.37. The third-order valence-corrected chi connectivity index (χ3v) is 9.64. The lowest BCUT2D eigenvalue weighted by Gasteiger charge is -2.37. The molecule has 4 aromatic rings. The number of nitrogens with zero attached hydrogens (tertiary/aromatic N) is 2. The van der Waals surface area contributed by atoms with Crippen molar-refractivity contribution < 1.29 is 23.7 Å². The number of piperidine rings is 1. The number of hydrogen-bond donors (Lipinski definition) is 1. The normalized spacial score (nSPS) is 18.1. The van der Waals surface area contributed by atoms with Crippen LogP contribution >= 0.6 is 11.6 Å². The molecule has 1 aliphatic carbocycles. The fourth-order valence-corrected chi connectivity index (χ4v) is 6.61. The van der Waals surface area contributed by atoms with Gasteiger partial charge in [-0.2, -0.15) is 0 Å². The van der Waals surface area contributed by atoms with Crippen LogP contribution in [0.2, 0.25) is 5.02 Å². The van der Waals surface area contributed by atoms with Crippen molar-refractivity contribution in [2.75, 3.05) is 27.8 Å². The van der Waals surface area contributed by atoms with Crippen molar-refractivity contribution in [1.29, 1.82) is 0 Å². The van der Waals surface area contributed by atoms with E-state index in [0.29, 0.717) is 17.3 Å². The van der Waals surface area contributed by atoms with Gasteiger partial charge in [0.05, 0.1) is 30.1 Å². The Kier molecular flexibility index (Phi) is 9.94. The second-order valence-corrected chi connectivity index (χ2v) is 12.8. The van der Waals surface area contributed by atoms with Gasteiger partial charge < -0.3 is 33.7 Å². The minimum absolute atomic E-state index is 0.000662. The Balaban J connectivity index is 1.38. The zero-order chi connectivity index (χ0) is 33.1. The van der Waals surface area contributed by atoms with Crippen LogP contribution in [0.1, 0.15) is 66.6 Å². The Morgan fingerprint density at radius 3 is 2.13 bits per heavy atom. The van der Waals surface area contributed by atoms with Crippen LogP contribution in [0.5, 0.6) is 23.0 Å². The number of likely N-dealkylation sites (tertiary alicyclic amines) is 1. The highest BCUT2D eigenvalue weighted by Crippen LogP contribution is 2.44. The van der Waals surface area contributed by atoms with Gasteiger partial charge in [0.1, 0.15) is 30.3 Å². The smallest absolute Gasteiger partial charge is 0.256 e. The number of benzene rings is 3. The summed E-state index contributed by atoms with van der Waals surface area (Å²) in [5.41, 5.74) is 2.09. The Morgan fingerprint density at radius 1 is 0.936 bits per heavy atom. The van der Waals surface area contributed by atoms with Gasteiger partial charge in [-0.05, 0) is 74.5 Å². The van der Waals surface area contributed by atoms with Gasteiger partial charge in [-0.1, -0.05) is 42.8 Å². The summed E-state index contributed by atoms with van der Waals surface area (Å²) in [5.74, 6) is 1.78. The highest BCUT2D eigenvalue weighted by Gasteiger charge is 2.31. The molecule has 2 fully saturated rings. The fraction of sp³-hybridized carbons (Fsp3) is 0.405. The van der Waals surface area contributed by atoms with Gasteiger partial charge in [-0.15, -0.1) is 0 Å². The number of pyridine rings is 1. The van der Waals surface area contributed by atoms with Crippen molar-refractivity contribution in [3.63, 3.8) is 0 Å². The molecule has 10 heteroatoms. The van der Waals surface area contributed by atoms with E-state index < -0.39 is 5.43 Å². The molecule has 6 rings (SSSR count). The van der Waals surface area contributed by atoms with E-state index in [9.17, 15) is 9.59 Å². The molecule has 1 amide bonds. The number of carbonyl (C=O) groups is 1. The van der Waals surface area contributed by atoms with Crippen molar-refractivity contribution in [1.82, 2.24) is 14.8 Å². The van der Waals surface area contributed by atoms with Crippen LogP contribution in [0.3, 0.4) is 0 Å². The number of aromatic nitrogens is 1. The largest absolute Gasteiger partial charge is 0.497 e. The summed E-state index contributed by atoms with van der Waals surface area (Å²) in [6.07, 6.45) is 6.28. The number of rotatable bonds is 12. The monoisotopic (exact) mass is 659 g/mol. The van der Waals surface area contributed by atoms with Crippen LogP contribution in [0, 0.1) is 0 Å². The number of nitrogens with one attached hydrogen (secondary N) is 1. The summed E-state index contributed by atoms with van der Waals surface area (Å²) in [5, 5.41) is 3.54. The molecular weight excluding hydrogens is 618 g/mol. The van der Waals surface area contributed by atoms with Gasteiger partial charge >= 0.3 is 0 Å². The number of ether oxygens (including phenoxy) is 4. The first kappa shape index (κ1) is 32.7. The van der Waals surface area contributed by atoms with E-state index in [-0.39, 0.29) is 52.9 Å². The van der Waals surface area contributed by atoms with E-state index >= 15 is 0 Å². The minimum Gasteiger partial charge on any atom is -0.497 e. The first-order valence-corrected chi connectivity index (χ1v) is 16.6. The summed E-state index contributed by atoms with van der Waals surface area (Å²) in [4.78, 5) is 30.2. The van der Waals surface area contributed by atoms with Crippen LogP contribution in [0.15, 0.2) is 65.6 Å². The van der Waals surface area contributed by atoms with Crippen molar-refractivity contribution in [2.24, 2.45) is 0 Å². The molecule has 1 N–H and O–H groups in total. The number of hydrogen-bond acceptors (Lipinski definition) is 7. The second kappa shape index (κ2) is 14.3. The quantitative estimate of drug-likeness (QED) is 0.180. The third kappa shape index (κ3) is 7.21. The lowest BCUT2D eigenvalue weighted by Crippen LogP contribution is -2.48. The molecule has 0 spiro atoms. The van der Waals surface area contributed by atoms with E-state index in [1.807, 2.05) is 59.2 Å². The maximum atomic E-state index is 14.2. The summed E-state index contributed by atoms with van der Waals surface area (Å²) in [6.45, 7) is 3.48. The molecule has 0 bridgehead atoms. The van der Waals surface area contributed by atoms with Gasteiger partial charge in [0.2, 0.25) is 5.43 Å². The Bertz CT molecular complexity index is 1790. The lowest BCUT2D eigenvalue weighted by molar-refractivity contribution is 0.0885. The van der Waals surface area contributed by atoms with E-state index in [0.717, 1.165) is 61.3 Å². The first-order valence-electron chi connectivity index (χ1n) is 16.2. The maximum Gasteiger partial charge on any atom is 0.256 e. The molecule has 2 heterocycles. The lowest BCUT2D eigenvalue weighted by atomic mass is 9.95. The average molecular weight is 660 g/mol. The van der Waals surface area contributed by atoms with Crippen LogP contribution in [-0.2, 0) is 13.2 Å². The SMILES string of the molecule is CC[C@H]1C[C@@H](NC(=O)c2cn(C3CC3)c3cc(OCc4ccc(OC)cc4)c(OCc4ccc(OC)cc4)c(Cl)c3c2=O)CCN1C. The predicted octanol–water partition coefficient (Wildman–Crippen LogP) is 6.77. The van der Waals surface area contributed by atoms with Crippen molar-refractivity contribution in [3.05, 3.63) is 92.7 Å². The number of fused-ring (bicyclic) bond motifs is 1. The summed E-state index contributed by atoms with van der Waals surface area (Å²) >= 11 is 7.11. The summed E-state index contributed by atoms with van der Waals surface area (Å²) < 4.78 is 25.2. The highest BCUT2D eigenvalue weighted by atomic mass is 35.5. The Labute approximate surface area is 280 Å². The molecule has 0 unspecified atom stereocenters. The van der Waals surface area contributed by atoms with Crippen LogP contribution in [-0.4, -0.2) is 55.3 Å². The molecule has 2 aliphatic rings. The number of carbonyl (C=O) groups excluding carboxylic acids is 1. The van der Waals surface area contributed by atoms with E-state index in [1.54, 1.807) is 20.4 Å². The second-order valence-electron chi connectivity index (χ2n) is 12.4. The van der Waals surface area contributed by atoms with Gasteiger partial charge in [0.25, 0.3) is 5.91 Å². The van der Waals surface area contributed by atoms with E-state index in [1.165, 1.54) is 0 Å². The van der Waals surface area contributed by atoms with Gasteiger partial charge in [0, 0.05) is 36.9 Å². The van der Waals surface area contributed by atoms with E-state index in [4.69, 9.17) is 30.5 Å². The Hall–Kier alpha value is -4.21. The van der Waals surface area contributed by atoms with Crippen LogP contribution < -0.4 is 29.7 Å².